The molecule has 2 aromatic rings. The maximum absolute atomic E-state index is 4.46. The van der Waals surface area contributed by atoms with Gasteiger partial charge in [0.05, 0.1) is 11.0 Å². The number of nitrogens with zero attached hydrogens (tertiary/aromatic N) is 1. The third-order valence-corrected chi connectivity index (χ3v) is 4.44. The number of nitrogens with one attached hydrogen (secondary N) is 2. The van der Waals surface area contributed by atoms with Crippen LogP contribution in [-0.4, -0.2) is 23.1 Å². The molecule has 3 rings (SSSR count). The molecular formula is C16H23N3. The predicted molar refractivity (Wildman–Crippen MR) is 79.3 cm³/mol. The second-order valence-electron chi connectivity index (χ2n) is 5.88. The average Bonchev–Trinajstić information content (AvgIpc) is 2.79. The molecule has 1 heterocycles. The van der Waals surface area contributed by atoms with Crippen LogP contribution < -0.4 is 5.32 Å². The van der Waals surface area contributed by atoms with E-state index < -0.39 is 0 Å². The van der Waals surface area contributed by atoms with Crippen molar-refractivity contribution < 1.29 is 0 Å². The molecule has 3 heteroatoms. The van der Waals surface area contributed by atoms with Crippen molar-refractivity contribution in [2.45, 2.75) is 45.1 Å². The zero-order valence-electron chi connectivity index (χ0n) is 11.9. The van der Waals surface area contributed by atoms with E-state index in [2.05, 4.69) is 40.5 Å². The molecule has 1 aliphatic carbocycles. The molecule has 3 nitrogen and oxygen atoms in total. The van der Waals surface area contributed by atoms with Gasteiger partial charge in [-0.1, -0.05) is 6.07 Å². The highest BCUT2D eigenvalue weighted by molar-refractivity contribution is 5.75. The zero-order valence-corrected chi connectivity index (χ0v) is 11.9. The fourth-order valence-electron chi connectivity index (χ4n) is 3.30. The molecule has 0 unspecified atom stereocenters. The van der Waals surface area contributed by atoms with Crippen LogP contribution in [-0.2, 0) is 6.42 Å². The Morgan fingerprint density at radius 1 is 1.26 bits per heavy atom. The molecule has 1 aromatic heterocycles. The Morgan fingerprint density at radius 2 is 2.05 bits per heavy atom. The summed E-state index contributed by atoms with van der Waals surface area (Å²) in [6, 6.07) is 7.41. The standard InChI is InChI=1S/C16H23N3/c1-11-18-15-8-5-13(10-16(15)19-11)9-12-3-6-14(17-2)7-4-12/h5,8,10,12,14,17H,3-4,6-7,9H2,1-2H3,(H,18,19). The Bertz CT molecular complexity index is 550. The quantitative estimate of drug-likeness (QED) is 0.886. The third kappa shape index (κ3) is 2.81. The maximum atomic E-state index is 4.46. The first-order chi connectivity index (χ1) is 9.24. The summed E-state index contributed by atoms with van der Waals surface area (Å²) in [6.07, 6.45) is 6.57. The van der Waals surface area contributed by atoms with Crippen LogP contribution in [0.15, 0.2) is 18.2 Å². The molecule has 0 bridgehead atoms. The van der Waals surface area contributed by atoms with Crippen molar-refractivity contribution in [3.8, 4) is 0 Å². The summed E-state index contributed by atoms with van der Waals surface area (Å²) < 4.78 is 0. The van der Waals surface area contributed by atoms with Crippen LogP contribution in [0.1, 0.15) is 37.1 Å². The van der Waals surface area contributed by atoms with Crippen LogP contribution in [0, 0.1) is 12.8 Å². The van der Waals surface area contributed by atoms with Gasteiger partial charge in [-0.15, -0.1) is 0 Å². The number of rotatable bonds is 3. The molecule has 1 aliphatic rings. The van der Waals surface area contributed by atoms with E-state index in [9.17, 15) is 0 Å². The number of aromatic nitrogens is 2. The lowest BCUT2D eigenvalue weighted by Gasteiger charge is -2.28. The Kier molecular flexibility index (Phi) is 3.56. The van der Waals surface area contributed by atoms with Crippen LogP contribution in [0.2, 0.25) is 0 Å². The lowest BCUT2D eigenvalue weighted by atomic mass is 9.82. The number of aromatic amines is 1. The summed E-state index contributed by atoms with van der Waals surface area (Å²) >= 11 is 0. The molecule has 0 saturated heterocycles. The predicted octanol–water partition coefficient (Wildman–Crippen LogP) is 3.19. The lowest BCUT2D eigenvalue weighted by molar-refractivity contribution is 0.300. The van der Waals surface area contributed by atoms with Gasteiger partial charge in [0, 0.05) is 6.04 Å². The number of imidazole rings is 1. The van der Waals surface area contributed by atoms with E-state index in [0.29, 0.717) is 0 Å². The average molecular weight is 257 g/mol. The van der Waals surface area contributed by atoms with Crippen molar-refractivity contribution >= 4 is 11.0 Å². The third-order valence-electron chi connectivity index (χ3n) is 4.44. The van der Waals surface area contributed by atoms with E-state index in [1.165, 1.54) is 43.2 Å². The highest BCUT2D eigenvalue weighted by Crippen LogP contribution is 2.28. The van der Waals surface area contributed by atoms with Gasteiger partial charge in [0.15, 0.2) is 0 Å². The van der Waals surface area contributed by atoms with E-state index in [1.54, 1.807) is 0 Å². The molecule has 19 heavy (non-hydrogen) atoms. The van der Waals surface area contributed by atoms with Crippen molar-refractivity contribution in [1.29, 1.82) is 0 Å². The van der Waals surface area contributed by atoms with Gasteiger partial charge in [-0.05, 0) is 69.7 Å². The van der Waals surface area contributed by atoms with Crippen LogP contribution in [0.4, 0.5) is 0 Å². The summed E-state index contributed by atoms with van der Waals surface area (Å²) in [4.78, 5) is 7.79. The minimum atomic E-state index is 0.744. The molecule has 102 valence electrons. The fraction of sp³-hybridized carbons (Fsp3) is 0.562. The molecule has 0 amide bonds. The Labute approximate surface area is 114 Å². The number of aryl methyl sites for hydroxylation is 1. The Morgan fingerprint density at radius 3 is 2.79 bits per heavy atom. The molecule has 2 N–H and O–H groups in total. The Hall–Kier alpha value is -1.35. The number of fused-ring (bicyclic) bond motifs is 1. The topological polar surface area (TPSA) is 40.7 Å². The minimum absolute atomic E-state index is 0.744. The summed E-state index contributed by atoms with van der Waals surface area (Å²) in [7, 11) is 2.08. The van der Waals surface area contributed by atoms with E-state index in [1.807, 2.05) is 6.92 Å². The van der Waals surface area contributed by atoms with E-state index in [4.69, 9.17) is 0 Å². The number of hydrogen-bond acceptors (Lipinski definition) is 2. The van der Waals surface area contributed by atoms with Gasteiger partial charge in [0.1, 0.15) is 5.82 Å². The molecule has 0 radical (unpaired) electrons. The molecule has 1 aromatic carbocycles. The van der Waals surface area contributed by atoms with Gasteiger partial charge in [0.2, 0.25) is 0 Å². The molecule has 0 aliphatic heterocycles. The smallest absolute Gasteiger partial charge is 0.104 e. The van der Waals surface area contributed by atoms with Crippen molar-refractivity contribution in [2.75, 3.05) is 7.05 Å². The van der Waals surface area contributed by atoms with Crippen molar-refractivity contribution in [1.82, 2.24) is 15.3 Å². The monoisotopic (exact) mass is 257 g/mol. The van der Waals surface area contributed by atoms with Crippen molar-refractivity contribution in [3.05, 3.63) is 29.6 Å². The molecule has 0 atom stereocenters. The van der Waals surface area contributed by atoms with Crippen LogP contribution in [0.3, 0.4) is 0 Å². The summed E-state index contributed by atoms with van der Waals surface area (Å²) in [5.41, 5.74) is 3.71. The second kappa shape index (κ2) is 5.33. The fourth-order valence-corrected chi connectivity index (χ4v) is 3.30. The number of hydrogen-bond donors (Lipinski definition) is 2. The lowest BCUT2D eigenvalue weighted by Crippen LogP contribution is -2.30. The molecule has 0 spiro atoms. The maximum Gasteiger partial charge on any atom is 0.104 e. The Balaban J connectivity index is 1.68. The van der Waals surface area contributed by atoms with Gasteiger partial charge in [-0.2, -0.15) is 0 Å². The number of H-pyrrole nitrogens is 1. The summed E-state index contributed by atoms with van der Waals surface area (Å²) in [5, 5.41) is 3.40. The second-order valence-corrected chi connectivity index (χ2v) is 5.88. The largest absolute Gasteiger partial charge is 0.342 e. The summed E-state index contributed by atoms with van der Waals surface area (Å²) in [5.74, 6) is 1.85. The van der Waals surface area contributed by atoms with Crippen LogP contribution in [0.5, 0.6) is 0 Å². The van der Waals surface area contributed by atoms with Gasteiger partial charge in [0.25, 0.3) is 0 Å². The van der Waals surface area contributed by atoms with Gasteiger partial charge in [-0.25, -0.2) is 4.98 Å². The minimum Gasteiger partial charge on any atom is -0.342 e. The first kappa shape index (κ1) is 12.7. The van der Waals surface area contributed by atoms with Gasteiger partial charge >= 0.3 is 0 Å². The molecule has 1 fully saturated rings. The van der Waals surface area contributed by atoms with E-state index >= 15 is 0 Å². The first-order valence-electron chi connectivity index (χ1n) is 7.37. The van der Waals surface area contributed by atoms with Crippen LogP contribution in [0.25, 0.3) is 11.0 Å². The normalized spacial score (nSPS) is 23.9. The van der Waals surface area contributed by atoms with Crippen molar-refractivity contribution in [2.24, 2.45) is 5.92 Å². The van der Waals surface area contributed by atoms with Crippen LogP contribution >= 0.6 is 0 Å². The SMILES string of the molecule is CNC1CCC(Cc2ccc3nc(C)[nH]c3c2)CC1. The highest BCUT2D eigenvalue weighted by Gasteiger charge is 2.20. The molecule has 1 saturated carbocycles. The number of benzene rings is 1. The van der Waals surface area contributed by atoms with Gasteiger partial charge in [-0.3, -0.25) is 0 Å². The van der Waals surface area contributed by atoms with E-state index in [0.717, 1.165) is 23.3 Å². The summed E-state index contributed by atoms with van der Waals surface area (Å²) in [6.45, 7) is 2.01. The molecular weight excluding hydrogens is 234 g/mol. The highest BCUT2D eigenvalue weighted by atomic mass is 14.9. The zero-order chi connectivity index (χ0) is 13.2. The van der Waals surface area contributed by atoms with Gasteiger partial charge < -0.3 is 10.3 Å². The first-order valence-corrected chi connectivity index (χ1v) is 7.37. The van der Waals surface area contributed by atoms with E-state index in [-0.39, 0.29) is 0 Å². The van der Waals surface area contributed by atoms with Crippen molar-refractivity contribution in [3.63, 3.8) is 0 Å².